The van der Waals surface area contributed by atoms with Crippen LogP contribution in [0.25, 0.3) is 0 Å². The van der Waals surface area contributed by atoms with E-state index in [1.165, 1.54) is 10.8 Å². The fraction of sp³-hybridized carbons (Fsp3) is 0.333. The van der Waals surface area contributed by atoms with Gasteiger partial charge in [0.25, 0.3) is 5.56 Å². The molecule has 2 aromatic rings. The molecule has 0 saturated heterocycles. The summed E-state index contributed by atoms with van der Waals surface area (Å²) < 4.78 is 7.27. The Morgan fingerprint density at radius 3 is 2.74 bits per heavy atom. The van der Waals surface area contributed by atoms with Gasteiger partial charge < -0.3 is 4.52 Å². The molecule has 2 heterocycles. The van der Waals surface area contributed by atoms with Crippen molar-refractivity contribution in [2.24, 2.45) is 0 Å². The standard InChI is InChI=1S/C12H12N4O3/c1-3-15-6-9(5-13)11(17)16(12(15)18)7-10-4-8(2)14-19-10/h4,6H,3,7H2,1-2H3. The molecule has 7 nitrogen and oxygen atoms in total. The number of aryl methyl sites for hydroxylation is 2. The van der Waals surface area contributed by atoms with Crippen molar-refractivity contribution >= 4 is 0 Å². The summed E-state index contributed by atoms with van der Waals surface area (Å²) in [5.74, 6) is 0.398. The summed E-state index contributed by atoms with van der Waals surface area (Å²) in [6, 6.07) is 3.43. The van der Waals surface area contributed by atoms with Crippen molar-refractivity contribution in [1.82, 2.24) is 14.3 Å². The summed E-state index contributed by atoms with van der Waals surface area (Å²) in [7, 11) is 0. The fourth-order valence-electron chi connectivity index (χ4n) is 1.74. The molecule has 2 aromatic heterocycles. The highest BCUT2D eigenvalue weighted by atomic mass is 16.5. The first-order valence-corrected chi connectivity index (χ1v) is 5.73. The van der Waals surface area contributed by atoms with Gasteiger partial charge in [-0.3, -0.25) is 13.9 Å². The van der Waals surface area contributed by atoms with Crippen LogP contribution in [0.2, 0.25) is 0 Å². The average molecular weight is 260 g/mol. The Bertz CT molecular complexity index is 761. The van der Waals surface area contributed by atoms with E-state index in [1.807, 2.05) is 0 Å². The van der Waals surface area contributed by atoms with Crippen LogP contribution in [0.3, 0.4) is 0 Å². The highest BCUT2D eigenvalue weighted by Gasteiger charge is 2.12. The molecule has 0 N–H and O–H groups in total. The molecule has 2 rings (SSSR count). The first kappa shape index (κ1) is 12.8. The van der Waals surface area contributed by atoms with Crippen LogP contribution in [0, 0.1) is 18.3 Å². The number of aromatic nitrogens is 3. The normalized spacial score (nSPS) is 10.4. The van der Waals surface area contributed by atoms with Gasteiger partial charge in [0.15, 0.2) is 5.76 Å². The molecular formula is C12H12N4O3. The lowest BCUT2D eigenvalue weighted by molar-refractivity contribution is 0.367. The van der Waals surface area contributed by atoms with Crippen LogP contribution >= 0.6 is 0 Å². The molecule has 0 unspecified atom stereocenters. The number of hydrogen-bond donors (Lipinski definition) is 0. The van der Waals surface area contributed by atoms with Crippen LogP contribution < -0.4 is 11.2 Å². The lowest BCUT2D eigenvalue weighted by atomic mass is 10.3. The third kappa shape index (κ3) is 2.33. The van der Waals surface area contributed by atoms with Gasteiger partial charge in [0.2, 0.25) is 0 Å². The fourth-order valence-corrected chi connectivity index (χ4v) is 1.74. The molecule has 0 spiro atoms. The average Bonchev–Trinajstić information content (AvgIpc) is 2.80. The quantitative estimate of drug-likeness (QED) is 0.788. The lowest BCUT2D eigenvalue weighted by Gasteiger charge is -2.07. The van der Waals surface area contributed by atoms with E-state index in [9.17, 15) is 9.59 Å². The predicted molar refractivity (Wildman–Crippen MR) is 65.7 cm³/mol. The van der Waals surface area contributed by atoms with Crippen molar-refractivity contribution in [2.75, 3.05) is 0 Å². The monoisotopic (exact) mass is 260 g/mol. The van der Waals surface area contributed by atoms with Crippen molar-refractivity contribution in [3.8, 4) is 6.07 Å². The second kappa shape index (κ2) is 4.94. The van der Waals surface area contributed by atoms with E-state index >= 15 is 0 Å². The largest absolute Gasteiger partial charge is 0.359 e. The summed E-state index contributed by atoms with van der Waals surface area (Å²) in [6.07, 6.45) is 1.27. The van der Waals surface area contributed by atoms with Crippen LogP contribution in [-0.4, -0.2) is 14.3 Å². The Morgan fingerprint density at radius 1 is 1.47 bits per heavy atom. The molecule has 0 bridgehead atoms. The van der Waals surface area contributed by atoms with E-state index in [1.54, 1.807) is 26.0 Å². The number of nitriles is 1. The van der Waals surface area contributed by atoms with Crippen molar-refractivity contribution in [3.63, 3.8) is 0 Å². The Hall–Kier alpha value is -2.62. The van der Waals surface area contributed by atoms with Crippen molar-refractivity contribution in [1.29, 1.82) is 5.26 Å². The number of rotatable bonds is 3. The summed E-state index contributed by atoms with van der Waals surface area (Å²) in [4.78, 5) is 24.0. The third-order valence-corrected chi connectivity index (χ3v) is 2.69. The van der Waals surface area contributed by atoms with Gasteiger partial charge in [-0.05, 0) is 13.8 Å². The van der Waals surface area contributed by atoms with E-state index in [0.717, 1.165) is 4.57 Å². The third-order valence-electron chi connectivity index (χ3n) is 2.69. The number of nitrogens with zero attached hydrogens (tertiary/aromatic N) is 4. The summed E-state index contributed by atoms with van der Waals surface area (Å²) in [5.41, 5.74) is -0.500. The molecule has 0 aliphatic rings. The minimum Gasteiger partial charge on any atom is -0.359 e. The molecule has 19 heavy (non-hydrogen) atoms. The van der Waals surface area contributed by atoms with Crippen molar-refractivity contribution in [2.45, 2.75) is 26.9 Å². The maximum Gasteiger partial charge on any atom is 0.331 e. The molecule has 0 aliphatic carbocycles. The van der Waals surface area contributed by atoms with Crippen LogP contribution in [0.15, 0.2) is 26.4 Å². The molecule has 0 fully saturated rings. The van der Waals surface area contributed by atoms with Crippen LogP contribution in [0.4, 0.5) is 0 Å². The molecule has 0 aromatic carbocycles. The molecule has 0 radical (unpaired) electrons. The molecule has 0 atom stereocenters. The minimum atomic E-state index is -0.619. The smallest absolute Gasteiger partial charge is 0.331 e. The van der Waals surface area contributed by atoms with E-state index in [4.69, 9.17) is 9.78 Å². The van der Waals surface area contributed by atoms with Gasteiger partial charge in [-0.1, -0.05) is 5.16 Å². The zero-order chi connectivity index (χ0) is 14.0. The topological polar surface area (TPSA) is 93.8 Å². The maximum atomic E-state index is 12.1. The maximum absolute atomic E-state index is 12.1. The Labute approximate surface area is 108 Å². The molecule has 0 amide bonds. The van der Waals surface area contributed by atoms with Crippen LogP contribution in [-0.2, 0) is 13.1 Å². The van der Waals surface area contributed by atoms with E-state index in [-0.39, 0.29) is 12.1 Å². The van der Waals surface area contributed by atoms with Gasteiger partial charge in [0, 0.05) is 18.8 Å². The lowest BCUT2D eigenvalue weighted by Crippen LogP contribution is -2.40. The Morgan fingerprint density at radius 2 is 2.21 bits per heavy atom. The summed E-state index contributed by atoms with van der Waals surface area (Å²) in [6.45, 7) is 3.85. The molecule has 7 heteroatoms. The first-order valence-electron chi connectivity index (χ1n) is 5.73. The van der Waals surface area contributed by atoms with Gasteiger partial charge in [0.1, 0.15) is 11.6 Å². The van der Waals surface area contributed by atoms with E-state index in [0.29, 0.717) is 18.0 Å². The Balaban J connectivity index is 2.59. The highest BCUT2D eigenvalue weighted by Crippen LogP contribution is 2.02. The highest BCUT2D eigenvalue weighted by molar-refractivity contribution is 5.22. The van der Waals surface area contributed by atoms with Crippen molar-refractivity contribution in [3.05, 3.63) is 50.1 Å². The zero-order valence-electron chi connectivity index (χ0n) is 10.6. The molecule has 0 aliphatic heterocycles. The molecule has 0 saturated carbocycles. The van der Waals surface area contributed by atoms with Gasteiger partial charge in [-0.25, -0.2) is 4.79 Å². The minimum absolute atomic E-state index is 0.0337. The predicted octanol–water partition coefficient (Wildman–Crippen LogP) is 0.246. The van der Waals surface area contributed by atoms with Crippen LogP contribution in [0.5, 0.6) is 0 Å². The number of hydrogen-bond acceptors (Lipinski definition) is 5. The Kier molecular flexibility index (Phi) is 3.33. The SMILES string of the molecule is CCn1cc(C#N)c(=O)n(Cc2cc(C)no2)c1=O. The second-order valence-electron chi connectivity index (χ2n) is 4.05. The van der Waals surface area contributed by atoms with Crippen molar-refractivity contribution < 1.29 is 4.52 Å². The first-order chi connectivity index (χ1) is 9.06. The van der Waals surface area contributed by atoms with Gasteiger partial charge in [-0.2, -0.15) is 5.26 Å². The molecule has 98 valence electrons. The zero-order valence-corrected chi connectivity index (χ0v) is 10.6. The van der Waals surface area contributed by atoms with Gasteiger partial charge >= 0.3 is 5.69 Å². The van der Waals surface area contributed by atoms with Gasteiger partial charge in [0.05, 0.1) is 12.2 Å². The van der Waals surface area contributed by atoms with E-state index < -0.39 is 11.2 Å². The van der Waals surface area contributed by atoms with Crippen LogP contribution in [0.1, 0.15) is 23.9 Å². The molecular weight excluding hydrogens is 248 g/mol. The van der Waals surface area contributed by atoms with E-state index in [2.05, 4.69) is 5.16 Å². The second-order valence-corrected chi connectivity index (χ2v) is 4.05. The summed E-state index contributed by atoms with van der Waals surface area (Å²) in [5, 5.41) is 12.6. The summed E-state index contributed by atoms with van der Waals surface area (Å²) >= 11 is 0. The van der Waals surface area contributed by atoms with Gasteiger partial charge in [-0.15, -0.1) is 0 Å².